The van der Waals surface area contributed by atoms with Crippen LogP contribution in [0.25, 0.3) is 16.9 Å². The summed E-state index contributed by atoms with van der Waals surface area (Å²) in [5.41, 5.74) is 9.22. The smallest absolute Gasteiger partial charge is 0.145 e. The Hall–Kier alpha value is -2.48. The third-order valence-electron chi connectivity index (χ3n) is 3.47. The number of nitriles is 1. The highest BCUT2D eigenvalue weighted by molar-refractivity contribution is 6.33. The number of hydrogen-bond acceptors (Lipinski definition) is 3. The fourth-order valence-corrected chi connectivity index (χ4v) is 2.86. The number of aryl methyl sites for hydroxylation is 1. The number of hydrogen-bond donors (Lipinski definition) is 1. The molecule has 0 radical (unpaired) electrons. The van der Waals surface area contributed by atoms with Crippen molar-refractivity contribution in [1.82, 2.24) is 9.78 Å². The normalized spacial score (nSPS) is 10.5. The molecule has 6 heteroatoms. The quantitative estimate of drug-likeness (QED) is 0.739. The molecule has 0 aliphatic rings. The van der Waals surface area contributed by atoms with Crippen molar-refractivity contribution in [3.05, 3.63) is 63.6 Å². The molecule has 0 aliphatic carbocycles. The molecule has 0 bridgehead atoms. The Balaban J connectivity index is 2.24. The molecule has 1 heterocycles. The van der Waals surface area contributed by atoms with E-state index in [-0.39, 0.29) is 11.4 Å². The van der Waals surface area contributed by atoms with Gasteiger partial charge in [0.1, 0.15) is 23.1 Å². The van der Waals surface area contributed by atoms with Gasteiger partial charge in [-0.15, -0.1) is 0 Å². The van der Waals surface area contributed by atoms with Crippen molar-refractivity contribution in [2.75, 3.05) is 5.73 Å². The van der Waals surface area contributed by atoms with Crippen LogP contribution < -0.4 is 5.73 Å². The van der Waals surface area contributed by atoms with Crippen molar-refractivity contribution in [2.24, 2.45) is 0 Å². The van der Waals surface area contributed by atoms with Gasteiger partial charge in [-0.1, -0.05) is 41.4 Å². The zero-order valence-corrected chi connectivity index (χ0v) is 13.7. The Morgan fingerprint density at radius 1 is 1.17 bits per heavy atom. The first-order chi connectivity index (χ1) is 11.0. The number of benzene rings is 2. The molecular formula is C17H12Cl2N4. The SMILES string of the molecule is Cc1ccc(-c2nn(-c3cccc(Cl)c3)c(N)c2C#N)c(Cl)c1. The molecule has 0 saturated carbocycles. The van der Waals surface area contributed by atoms with Crippen LogP contribution in [-0.2, 0) is 0 Å². The highest BCUT2D eigenvalue weighted by atomic mass is 35.5. The third kappa shape index (κ3) is 2.77. The van der Waals surface area contributed by atoms with Crippen molar-refractivity contribution < 1.29 is 0 Å². The van der Waals surface area contributed by atoms with Gasteiger partial charge < -0.3 is 5.73 Å². The van der Waals surface area contributed by atoms with E-state index in [2.05, 4.69) is 11.2 Å². The summed E-state index contributed by atoms with van der Waals surface area (Å²) in [5, 5.41) is 15.0. The number of nitrogens with zero attached hydrogens (tertiary/aromatic N) is 3. The molecule has 0 amide bonds. The summed E-state index contributed by atoms with van der Waals surface area (Å²) < 4.78 is 1.50. The van der Waals surface area contributed by atoms with Crippen LogP contribution in [0, 0.1) is 18.3 Å². The van der Waals surface area contributed by atoms with E-state index in [0.717, 1.165) is 5.56 Å². The van der Waals surface area contributed by atoms with Crippen LogP contribution in [0.2, 0.25) is 10.0 Å². The molecule has 2 N–H and O–H groups in total. The minimum absolute atomic E-state index is 0.251. The van der Waals surface area contributed by atoms with E-state index >= 15 is 0 Å². The molecule has 114 valence electrons. The fraction of sp³-hybridized carbons (Fsp3) is 0.0588. The molecule has 4 nitrogen and oxygen atoms in total. The van der Waals surface area contributed by atoms with Crippen molar-refractivity contribution in [3.63, 3.8) is 0 Å². The summed E-state index contributed by atoms with van der Waals surface area (Å²) in [5.74, 6) is 0.251. The summed E-state index contributed by atoms with van der Waals surface area (Å²) in [6.07, 6.45) is 0. The molecule has 0 atom stereocenters. The first kappa shape index (κ1) is 15.4. The van der Waals surface area contributed by atoms with Crippen LogP contribution in [0.5, 0.6) is 0 Å². The molecule has 0 saturated heterocycles. The van der Waals surface area contributed by atoms with Crippen LogP contribution in [0.1, 0.15) is 11.1 Å². The monoisotopic (exact) mass is 342 g/mol. The number of nitrogen functional groups attached to an aromatic ring is 1. The maximum Gasteiger partial charge on any atom is 0.145 e. The van der Waals surface area contributed by atoms with Gasteiger partial charge in [0.2, 0.25) is 0 Å². The molecule has 3 rings (SSSR count). The van der Waals surface area contributed by atoms with E-state index in [0.29, 0.717) is 27.0 Å². The van der Waals surface area contributed by atoms with Gasteiger partial charge in [-0.2, -0.15) is 10.4 Å². The number of aromatic nitrogens is 2. The van der Waals surface area contributed by atoms with Gasteiger partial charge in [-0.05, 0) is 36.8 Å². The standard InChI is InChI=1S/C17H12Cl2N4/c1-10-5-6-13(15(19)7-10)16-14(9-20)17(21)23(22-16)12-4-2-3-11(18)8-12/h2-8H,21H2,1H3. The Bertz CT molecular complexity index is 938. The van der Waals surface area contributed by atoms with E-state index in [1.54, 1.807) is 18.2 Å². The molecule has 23 heavy (non-hydrogen) atoms. The average molecular weight is 343 g/mol. The third-order valence-corrected chi connectivity index (χ3v) is 4.01. The zero-order chi connectivity index (χ0) is 16.6. The molecule has 0 aliphatic heterocycles. The first-order valence-corrected chi connectivity index (χ1v) is 7.58. The van der Waals surface area contributed by atoms with E-state index in [1.807, 2.05) is 31.2 Å². The summed E-state index contributed by atoms with van der Waals surface area (Å²) in [6.45, 7) is 1.94. The van der Waals surface area contributed by atoms with E-state index in [1.165, 1.54) is 4.68 Å². The van der Waals surface area contributed by atoms with Gasteiger partial charge >= 0.3 is 0 Å². The lowest BCUT2D eigenvalue weighted by Gasteiger charge is -2.04. The molecule has 0 fully saturated rings. The van der Waals surface area contributed by atoms with Gasteiger partial charge in [0.15, 0.2) is 0 Å². The summed E-state index contributed by atoms with van der Waals surface area (Å²) >= 11 is 12.3. The van der Waals surface area contributed by atoms with Crippen LogP contribution in [-0.4, -0.2) is 9.78 Å². The van der Waals surface area contributed by atoms with Crippen molar-refractivity contribution in [1.29, 1.82) is 5.26 Å². The number of rotatable bonds is 2. The van der Waals surface area contributed by atoms with E-state index < -0.39 is 0 Å². The largest absolute Gasteiger partial charge is 0.382 e. The van der Waals surface area contributed by atoms with Crippen molar-refractivity contribution in [2.45, 2.75) is 6.92 Å². The zero-order valence-electron chi connectivity index (χ0n) is 12.2. The predicted molar refractivity (Wildman–Crippen MR) is 92.9 cm³/mol. The average Bonchev–Trinajstić information content (AvgIpc) is 2.84. The second-order valence-corrected chi connectivity index (χ2v) is 5.94. The van der Waals surface area contributed by atoms with Crippen LogP contribution in [0.15, 0.2) is 42.5 Å². The second kappa shape index (κ2) is 5.96. The molecule has 3 aromatic rings. The minimum Gasteiger partial charge on any atom is -0.382 e. The lowest BCUT2D eigenvalue weighted by Crippen LogP contribution is -2.02. The van der Waals surface area contributed by atoms with Gasteiger partial charge in [-0.25, -0.2) is 4.68 Å². The summed E-state index contributed by atoms with van der Waals surface area (Å²) in [4.78, 5) is 0. The summed E-state index contributed by atoms with van der Waals surface area (Å²) in [6, 6.07) is 14.8. The molecule has 0 unspecified atom stereocenters. The Kier molecular flexibility index (Phi) is 3.99. The summed E-state index contributed by atoms with van der Waals surface area (Å²) in [7, 11) is 0. The first-order valence-electron chi connectivity index (χ1n) is 6.82. The van der Waals surface area contributed by atoms with Crippen LogP contribution in [0.3, 0.4) is 0 Å². The number of anilines is 1. The number of halogens is 2. The van der Waals surface area contributed by atoms with Gasteiger partial charge in [0.05, 0.1) is 10.7 Å². The maximum atomic E-state index is 9.47. The molecular weight excluding hydrogens is 331 g/mol. The molecule has 2 aromatic carbocycles. The number of nitrogens with two attached hydrogens (primary N) is 1. The minimum atomic E-state index is 0.251. The highest BCUT2D eigenvalue weighted by Crippen LogP contribution is 2.33. The van der Waals surface area contributed by atoms with Crippen molar-refractivity contribution in [3.8, 4) is 23.0 Å². The predicted octanol–water partition coefficient (Wildman–Crippen LogP) is 4.61. The van der Waals surface area contributed by atoms with Crippen LogP contribution >= 0.6 is 23.2 Å². The van der Waals surface area contributed by atoms with Gasteiger partial charge in [0.25, 0.3) is 0 Å². The Labute approximate surface area is 143 Å². The Morgan fingerprint density at radius 3 is 2.61 bits per heavy atom. The van der Waals surface area contributed by atoms with Crippen molar-refractivity contribution >= 4 is 29.0 Å². The topological polar surface area (TPSA) is 67.6 Å². The maximum absolute atomic E-state index is 9.47. The van der Waals surface area contributed by atoms with Gasteiger partial charge in [-0.3, -0.25) is 0 Å². The lowest BCUT2D eigenvalue weighted by molar-refractivity contribution is 0.895. The van der Waals surface area contributed by atoms with E-state index in [4.69, 9.17) is 28.9 Å². The molecule has 1 aromatic heterocycles. The molecule has 0 spiro atoms. The lowest BCUT2D eigenvalue weighted by atomic mass is 10.1. The van der Waals surface area contributed by atoms with Crippen LogP contribution in [0.4, 0.5) is 5.82 Å². The van der Waals surface area contributed by atoms with Gasteiger partial charge in [0, 0.05) is 10.6 Å². The van der Waals surface area contributed by atoms with E-state index in [9.17, 15) is 5.26 Å². The fourth-order valence-electron chi connectivity index (χ4n) is 2.35. The Morgan fingerprint density at radius 2 is 1.96 bits per heavy atom. The highest BCUT2D eigenvalue weighted by Gasteiger charge is 2.20. The second-order valence-electron chi connectivity index (χ2n) is 5.10.